The van der Waals surface area contributed by atoms with Crippen LogP contribution in [0.1, 0.15) is 55.3 Å². The third kappa shape index (κ3) is 6.95. The number of carbonyl (C=O) groups is 2. The Bertz CT molecular complexity index is 1160. The number of nitrogens with one attached hydrogen (secondary N) is 1. The van der Waals surface area contributed by atoms with E-state index in [2.05, 4.69) is 37.9 Å². The topological polar surface area (TPSA) is 67.9 Å². The van der Waals surface area contributed by atoms with E-state index in [1.165, 1.54) is 0 Å². The first-order valence-corrected chi connectivity index (χ1v) is 12.3. The molecule has 0 aliphatic heterocycles. The first kappa shape index (κ1) is 27.0. The van der Waals surface area contributed by atoms with E-state index in [1.807, 2.05) is 36.4 Å². The number of anilines is 1. The lowest BCUT2D eigenvalue weighted by Crippen LogP contribution is -2.39. The van der Waals surface area contributed by atoms with Gasteiger partial charge in [0.1, 0.15) is 6.61 Å². The van der Waals surface area contributed by atoms with Crippen LogP contribution in [0.25, 0.3) is 11.1 Å². The Morgan fingerprint density at radius 2 is 1.36 bits per heavy atom. The van der Waals surface area contributed by atoms with Crippen molar-refractivity contribution in [1.82, 2.24) is 4.90 Å². The fourth-order valence-electron chi connectivity index (χ4n) is 4.16. The van der Waals surface area contributed by atoms with Crippen LogP contribution >= 0.6 is 0 Å². The van der Waals surface area contributed by atoms with Crippen molar-refractivity contribution in [3.63, 3.8) is 0 Å². The zero-order valence-corrected chi connectivity index (χ0v) is 22.0. The summed E-state index contributed by atoms with van der Waals surface area (Å²) < 4.78 is 11.5. The van der Waals surface area contributed by atoms with Crippen molar-refractivity contribution in [1.29, 1.82) is 0 Å². The summed E-state index contributed by atoms with van der Waals surface area (Å²) in [6, 6.07) is 21.0. The minimum atomic E-state index is -0.213. The summed E-state index contributed by atoms with van der Waals surface area (Å²) in [5, 5.41) is 2.94. The minimum Gasteiger partial charge on any atom is -0.493 e. The van der Waals surface area contributed by atoms with E-state index >= 15 is 0 Å². The van der Waals surface area contributed by atoms with Crippen LogP contribution < -0.4 is 14.8 Å². The number of Topliss-reactive ketones (excluding diaryl/α,β-unsaturated/α-hetero) is 1. The maximum Gasteiger partial charge on any atom is 0.255 e. The minimum absolute atomic E-state index is 0.0359. The Hall–Kier alpha value is -3.64. The molecule has 190 valence electrons. The zero-order valence-electron chi connectivity index (χ0n) is 22.0. The molecule has 3 aromatic rings. The van der Waals surface area contributed by atoms with Crippen LogP contribution in [0.5, 0.6) is 11.5 Å². The van der Waals surface area contributed by atoms with Gasteiger partial charge in [0.15, 0.2) is 17.3 Å². The molecule has 0 aliphatic carbocycles. The van der Waals surface area contributed by atoms with Crippen LogP contribution in [0.4, 0.5) is 5.69 Å². The molecule has 6 nitrogen and oxygen atoms in total. The third-order valence-corrected chi connectivity index (χ3v) is 6.13. The Morgan fingerprint density at radius 3 is 1.86 bits per heavy atom. The Morgan fingerprint density at radius 1 is 0.806 bits per heavy atom. The number of methoxy groups -OCH3 is 1. The van der Waals surface area contributed by atoms with Crippen LogP contribution in [0.2, 0.25) is 0 Å². The molecular formula is C30H36N2O4. The molecule has 0 atom stereocenters. The van der Waals surface area contributed by atoms with E-state index in [9.17, 15) is 9.59 Å². The van der Waals surface area contributed by atoms with Gasteiger partial charge in [0.25, 0.3) is 5.91 Å². The van der Waals surface area contributed by atoms with Crippen molar-refractivity contribution in [3.8, 4) is 22.6 Å². The Labute approximate surface area is 214 Å². The number of benzene rings is 3. The van der Waals surface area contributed by atoms with Crippen LogP contribution in [0.3, 0.4) is 0 Å². The highest BCUT2D eigenvalue weighted by atomic mass is 16.5. The monoisotopic (exact) mass is 488 g/mol. The number of amides is 1. The summed E-state index contributed by atoms with van der Waals surface area (Å²) in [4.78, 5) is 26.7. The van der Waals surface area contributed by atoms with Gasteiger partial charge in [0.05, 0.1) is 7.11 Å². The summed E-state index contributed by atoms with van der Waals surface area (Å²) in [5.41, 5.74) is 3.80. The van der Waals surface area contributed by atoms with Gasteiger partial charge in [-0.05, 0) is 70.0 Å². The molecule has 0 saturated heterocycles. The van der Waals surface area contributed by atoms with Gasteiger partial charge >= 0.3 is 0 Å². The van der Waals surface area contributed by atoms with Crippen LogP contribution in [0, 0.1) is 0 Å². The van der Waals surface area contributed by atoms with Gasteiger partial charge < -0.3 is 14.8 Å². The lowest BCUT2D eigenvalue weighted by Gasteiger charge is -2.30. The second-order valence-corrected chi connectivity index (χ2v) is 9.30. The second kappa shape index (κ2) is 12.4. The molecule has 0 saturated carbocycles. The van der Waals surface area contributed by atoms with Gasteiger partial charge in [-0.3, -0.25) is 14.5 Å². The fourth-order valence-corrected chi connectivity index (χ4v) is 4.16. The van der Waals surface area contributed by atoms with Crippen LogP contribution in [0.15, 0.2) is 66.7 Å². The maximum atomic E-state index is 12.9. The fraction of sp³-hybridized carbons (Fsp3) is 0.333. The molecule has 1 amide bonds. The SMILES string of the molecule is COc1ccc(NC(=O)c2ccc(-c3ccc(C(C)=O)cc3)cc2)cc1OCCN(C(C)C)C(C)C. The van der Waals surface area contributed by atoms with Crippen molar-refractivity contribution in [2.24, 2.45) is 0 Å². The lowest BCUT2D eigenvalue weighted by molar-refractivity contribution is 0.101. The predicted octanol–water partition coefficient (Wildman–Crippen LogP) is 6.31. The van der Waals surface area contributed by atoms with Crippen LogP contribution in [-0.2, 0) is 0 Å². The molecule has 0 aliphatic rings. The van der Waals surface area contributed by atoms with Gasteiger partial charge in [-0.15, -0.1) is 0 Å². The van der Waals surface area contributed by atoms with E-state index < -0.39 is 0 Å². The molecule has 0 bridgehead atoms. The summed E-state index contributed by atoms with van der Waals surface area (Å²) in [6.45, 7) is 11.5. The van der Waals surface area contributed by atoms with E-state index in [0.717, 1.165) is 17.7 Å². The molecule has 3 aromatic carbocycles. The zero-order chi connectivity index (χ0) is 26.2. The number of rotatable bonds is 11. The highest BCUT2D eigenvalue weighted by molar-refractivity contribution is 6.04. The van der Waals surface area contributed by atoms with Crippen molar-refractivity contribution >= 4 is 17.4 Å². The number of ketones is 1. The van der Waals surface area contributed by atoms with E-state index in [-0.39, 0.29) is 11.7 Å². The highest BCUT2D eigenvalue weighted by Gasteiger charge is 2.15. The summed E-state index contributed by atoms with van der Waals surface area (Å²) in [5.74, 6) is 1.03. The Kier molecular flexibility index (Phi) is 9.25. The standard InChI is InChI=1S/C30H36N2O4/c1-20(2)32(21(3)4)17-18-36-29-19-27(15-16-28(29)35-6)31-30(34)26-13-11-25(12-14-26)24-9-7-23(8-10-24)22(5)33/h7-16,19-21H,17-18H2,1-6H3,(H,31,34). The maximum absolute atomic E-state index is 12.9. The summed E-state index contributed by atoms with van der Waals surface area (Å²) in [7, 11) is 1.60. The molecule has 0 radical (unpaired) electrons. The molecule has 0 spiro atoms. The normalized spacial score (nSPS) is 11.1. The van der Waals surface area contributed by atoms with E-state index in [4.69, 9.17) is 9.47 Å². The second-order valence-electron chi connectivity index (χ2n) is 9.30. The average Bonchev–Trinajstić information content (AvgIpc) is 2.86. The number of ether oxygens (including phenoxy) is 2. The molecule has 0 unspecified atom stereocenters. The van der Waals surface area contributed by atoms with Gasteiger partial charge in [-0.1, -0.05) is 36.4 Å². The smallest absolute Gasteiger partial charge is 0.255 e. The predicted molar refractivity (Wildman–Crippen MR) is 145 cm³/mol. The van der Waals surface area contributed by atoms with Crippen molar-refractivity contribution in [3.05, 3.63) is 77.9 Å². The van der Waals surface area contributed by atoms with Crippen molar-refractivity contribution < 1.29 is 19.1 Å². The first-order chi connectivity index (χ1) is 17.2. The first-order valence-electron chi connectivity index (χ1n) is 12.3. The molecule has 0 aromatic heterocycles. The number of carbonyl (C=O) groups excluding carboxylic acids is 2. The quantitative estimate of drug-likeness (QED) is 0.320. The van der Waals surface area contributed by atoms with Gasteiger partial charge in [-0.25, -0.2) is 0 Å². The van der Waals surface area contributed by atoms with E-state index in [0.29, 0.717) is 47.0 Å². The molecule has 36 heavy (non-hydrogen) atoms. The van der Waals surface area contributed by atoms with E-state index in [1.54, 1.807) is 44.4 Å². The lowest BCUT2D eigenvalue weighted by atomic mass is 10.0. The summed E-state index contributed by atoms with van der Waals surface area (Å²) in [6.07, 6.45) is 0. The largest absolute Gasteiger partial charge is 0.493 e. The Balaban J connectivity index is 1.66. The molecule has 1 N–H and O–H groups in total. The molecular weight excluding hydrogens is 452 g/mol. The van der Waals surface area contributed by atoms with Gasteiger partial charge in [0, 0.05) is 41.5 Å². The van der Waals surface area contributed by atoms with Gasteiger partial charge in [-0.2, -0.15) is 0 Å². The molecule has 6 heteroatoms. The highest BCUT2D eigenvalue weighted by Crippen LogP contribution is 2.30. The number of hydrogen-bond acceptors (Lipinski definition) is 5. The number of hydrogen-bond donors (Lipinski definition) is 1. The van der Waals surface area contributed by atoms with Gasteiger partial charge in [0.2, 0.25) is 0 Å². The third-order valence-electron chi connectivity index (χ3n) is 6.13. The average molecular weight is 489 g/mol. The molecule has 0 heterocycles. The number of nitrogens with zero attached hydrogens (tertiary/aromatic N) is 1. The molecule has 0 fully saturated rings. The molecule has 3 rings (SSSR count). The van der Waals surface area contributed by atoms with Crippen molar-refractivity contribution in [2.45, 2.75) is 46.7 Å². The summed E-state index contributed by atoms with van der Waals surface area (Å²) >= 11 is 0. The van der Waals surface area contributed by atoms with Crippen LogP contribution in [-0.4, -0.2) is 48.9 Å². The van der Waals surface area contributed by atoms with Crippen molar-refractivity contribution in [2.75, 3.05) is 25.6 Å².